The number of nitrogens with one attached hydrogen (secondary N) is 2. The Bertz CT molecular complexity index is 826. The first-order valence-corrected chi connectivity index (χ1v) is 7.52. The van der Waals surface area contributed by atoms with Gasteiger partial charge in [0.2, 0.25) is 5.91 Å². The maximum atomic E-state index is 13.0. The molecule has 0 unspecified atom stereocenters. The zero-order valence-corrected chi connectivity index (χ0v) is 13.9. The van der Waals surface area contributed by atoms with Crippen molar-refractivity contribution in [3.05, 3.63) is 58.9 Å². The normalized spacial score (nSPS) is 10.0. The van der Waals surface area contributed by atoms with Crippen LogP contribution in [0.25, 0.3) is 0 Å². The Morgan fingerprint density at radius 2 is 1.76 bits per heavy atom. The molecule has 0 radical (unpaired) electrons. The number of hydrogen-bond donors (Lipinski definition) is 2. The van der Waals surface area contributed by atoms with Gasteiger partial charge in [0.25, 0.3) is 5.91 Å². The van der Waals surface area contributed by atoms with Crippen LogP contribution in [0.1, 0.15) is 17.3 Å². The van der Waals surface area contributed by atoms with Crippen LogP contribution in [0.15, 0.2) is 42.5 Å². The SMILES string of the molecule is CC(=O)Nc1cccc(NC(=O)COC(=O)c2ccc(F)cc2Cl)c1. The Morgan fingerprint density at radius 3 is 2.40 bits per heavy atom. The summed E-state index contributed by atoms with van der Waals surface area (Å²) in [6.07, 6.45) is 0. The van der Waals surface area contributed by atoms with Gasteiger partial charge >= 0.3 is 5.97 Å². The van der Waals surface area contributed by atoms with E-state index < -0.39 is 24.3 Å². The minimum absolute atomic E-state index is 0.0384. The first kappa shape index (κ1) is 18.4. The van der Waals surface area contributed by atoms with Crippen molar-refractivity contribution in [2.75, 3.05) is 17.2 Å². The summed E-state index contributed by atoms with van der Waals surface area (Å²) in [5, 5.41) is 5.00. The fourth-order valence-corrected chi connectivity index (χ4v) is 2.18. The lowest BCUT2D eigenvalue weighted by molar-refractivity contribution is -0.119. The molecule has 0 atom stereocenters. The molecule has 0 fully saturated rings. The molecule has 25 heavy (non-hydrogen) atoms. The average molecular weight is 365 g/mol. The van der Waals surface area contributed by atoms with E-state index in [1.807, 2.05) is 0 Å². The summed E-state index contributed by atoms with van der Waals surface area (Å²) < 4.78 is 17.8. The summed E-state index contributed by atoms with van der Waals surface area (Å²) >= 11 is 5.75. The zero-order chi connectivity index (χ0) is 18.4. The number of halogens is 2. The molecule has 2 aromatic rings. The van der Waals surface area contributed by atoms with Crippen molar-refractivity contribution in [3.8, 4) is 0 Å². The Morgan fingerprint density at radius 1 is 1.08 bits per heavy atom. The van der Waals surface area contributed by atoms with Crippen molar-refractivity contribution < 1.29 is 23.5 Å². The zero-order valence-electron chi connectivity index (χ0n) is 13.1. The molecule has 0 aromatic heterocycles. The molecule has 0 heterocycles. The second-order valence-electron chi connectivity index (χ2n) is 5.01. The van der Waals surface area contributed by atoms with E-state index in [1.165, 1.54) is 13.0 Å². The summed E-state index contributed by atoms with van der Waals surface area (Å²) in [5.74, 6) is -2.24. The first-order valence-electron chi connectivity index (χ1n) is 7.15. The third kappa shape index (κ3) is 5.58. The molecule has 0 bridgehead atoms. The van der Waals surface area contributed by atoms with Crippen LogP contribution in [-0.2, 0) is 14.3 Å². The fraction of sp³-hybridized carbons (Fsp3) is 0.118. The number of hydrogen-bond acceptors (Lipinski definition) is 4. The van der Waals surface area contributed by atoms with Crippen molar-refractivity contribution in [2.45, 2.75) is 6.92 Å². The summed E-state index contributed by atoms with van der Waals surface area (Å²) in [5.41, 5.74) is 0.899. The number of benzene rings is 2. The molecule has 0 aliphatic carbocycles. The van der Waals surface area contributed by atoms with Gasteiger partial charge in [-0.2, -0.15) is 0 Å². The number of carbonyl (C=O) groups is 3. The molecule has 130 valence electrons. The highest BCUT2D eigenvalue weighted by Crippen LogP contribution is 2.18. The predicted molar refractivity (Wildman–Crippen MR) is 91.1 cm³/mol. The number of esters is 1. The number of rotatable bonds is 5. The van der Waals surface area contributed by atoms with Crippen LogP contribution >= 0.6 is 11.6 Å². The highest BCUT2D eigenvalue weighted by atomic mass is 35.5. The third-order valence-corrected chi connectivity index (χ3v) is 3.26. The number of amides is 2. The maximum Gasteiger partial charge on any atom is 0.340 e. The van der Waals surface area contributed by atoms with Crippen LogP contribution in [0.3, 0.4) is 0 Å². The lowest BCUT2D eigenvalue weighted by Crippen LogP contribution is -2.21. The standard InChI is InChI=1S/C17H14ClFN2O4/c1-10(22)20-12-3-2-4-13(8-12)21-16(23)9-25-17(24)14-6-5-11(19)7-15(14)18/h2-8H,9H2,1H3,(H,20,22)(H,21,23). The molecule has 2 aromatic carbocycles. The van der Waals surface area contributed by atoms with E-state index in [2.05, 4.69) is 10.6 Å². The van der Waals surface area contributed by atoms with Crippen LogP contribution in [0.4, 0.5) is 15.8 Å². The Labute approximate surface area is 147 Å². The highest BCUT2D eigenvalue weighted by molar-refractivity contribution is 6.33. The van der Waals surface area contributed by atoms with Crippen LogP contribution in [0.5, 0.6) is 0 Å². The monoisotopic (exact) mass is 364 g/mol. The van der Waals surface area contributed by atoms with Crippen molar-refractivity contribution in [2.24, 2.45) is 0 Å². The van der Waals surface area contributed by atoms with Crippen LogP contribution in [0, 0.1) is 5.82 Å². The van der Waals surface area contributed by atoms with E-state index >= 15 is 0 Å². The molecule has 0 aliphatic heterocycles. The van der Waals surface area contributed by atoms with Crippen molar-refractivity contribution >= 4 is 40.8 Å². The van der Waals surface area contributed by atoms with E-state index in [4.69, 9.17) is 16.3 Å². The molecule has 0 spiro atoms. The van der Waals surface area contributed by atoms with Crippen molar-refractivity contribution in [1.29, 1.82) is 0 Å². The van der Waals surface area contributed by atoms with Gasteiger partial charge in [0.15, 0.2) is 6.61 Å². The molecule has 0 saturated carbocycles. The van der Waals surface area contributed by atoms with Crippen molar-refractivity contribution in [3.63, 3.8) is 0 Å². The van der Waals surface area contributed by atoms with Gasteiger partial charge in [-0.3, -0.25) is 9.59 Å². The van der Waals surface area contributed by atoms with Gasteiger partial charge in [0, 0.05) is 18.3 Å². The van der Waals surface area contributed by atoms with Gasteiger partial charge < -0.3 is 15.4 Å². The number of carbonyl (C=O) groups excluding carboxylic acids is 3. The van der Waals surface area contributed by atoms with Gasteiger partial charge in [0.1, 0.15) is 5.82 Å². The highest BCUT2D eigenvalue weighted by Gasteiger charge is 2.14. The van der Waals surface area contributed by atoms with E-state index in [0.29, 0.717) is 11.4 Å². The summed E-state index contributed by atoms with van der Waals surface area (Å²) in [6.45, 7) is 0.822. The van der Waals surface area contributed by atoms with Crippen molar-refractivity contribution in [1.82, 2.24) is 0 Å². The second-order valence-corrected chi connectivity index (χ2v) is 5.42. The molecular formula is C17H14ClFN2O4. The van der Waals surface area contributed by atoms with E-state index in [9.17, 15) is 18.8 Å². The smallest absolute Gasteiger partial charge is 0.340 e. The molecule has 8 heteroatoms. The van der Waals surface area contributed by atoms with Gasteiger partial charge in [-0.05, 0) is 36.4 Å². The summed E-state index contributed by atoms with van der Waals surface area (Å²) in [4.78, 5) is 34.7. The Balaban J connectivity index is 1.92. The molecule has 2 rings (SSSR count). The third-order valence-electron chi connectivity index (χ3n) is 2.95. The molecular weight excluding hydrogens is 351 g/mol. The maximum absolute atomic E-state index is 13.0. The Kier molecular flexibility index (Phi) is 6.08. The van der Waals surface area contributed by atoms with E-state index in [1.54, 1.807) is 24.3 Å². The number of anilines is 2. The minimum Gasteiger partial charge on any atom is -0.452 e. The van der Waals surface area contributed by atoms with Crippen LogP contribution < -0.4 is 10.6 Å². The molecule has 2 N–H and O–H groups in total. The Hall–Kier alpha value is -2.93. The van der Waals surface area contributed by atoms with Gasteiger partial charge in [-0.15, -0.1) is 0 Å². The lowest BCUT2D eigenvalue weighted by atomic mass is 10.2. The largest absolute Gasteiger partial charge is 0.452 e. The summed E-state index contributed by atoms with van der Waals surface area (Å²) in [7, 11) is 0. The molecule has 0 aliphatic rings. The predicted octanol–water partition coefficient (Wildman–Crippen LogP) is 3.23. The van der Waals surface area contributed by atoms with E-state index in [-0.39, 0.29) is 16.5 Å². The van der Waals surface area contributed by atoms with Gasteiger partial charge in [-0.25, -0.2) is 9.18 Å². The van der Waals surface area contributed by atoms with Gasteiger partial charge in [-0.1, -0.05) is 17.7 Å². The molecule has 0 saturated heterocycles. The first-order chi connectivity index (χ1) is 11.8. The van der Waals surface area contributed by atoms with Crippen LogP contribution in [0.2, 0.25) is 5.02 Å². The average Bonchev–Trinajstić information content (AvgIpc) is 2.52. The topological polar surface area (TPSA) is 84.5 Å². The number of ether oxygens (including phenoxy) is 1. The second kappa shape index (κ2) is 8.25. The lowest BCUT2D eigenvalue weighted by Gasteiger charge is -2.09. The fourth-order valence-electron chi connectivity index (χ4n) is 1.94. The van der Waals surface area contributed by atoms with Gasteiger partial charge in [0.05, 0.1) is 10.6 Å². The molecule has 2 amide bonds. The minimum atomic E-state index is -0.841. The van der Waals surface area contributed by atoms with Crippen LogP contribution in [-0.4, -0.2) is 24.4 Å². The molecule has 6 nitrogen and oxygen atoms in total. The van der Waals surface area contributed by atoms with E-state index in [0.717, 1.165) is 12.1 Å². The quantitative estimate of drug-likeness (QED) is 0.798. The summed E-state index contributed by atoms with van der Waals surface area (Å²) in [6, 6.07) is 9.69.